The predicted octanol–water partition coefficient (Wildman–Crippen LogP) is -0.483. The van der Waals surface area contributed by atoms with Crippen LogP contribution in [0.25, 0.3) is 0 Å². The van der Waals surface area contributed by atoms with Crippen molar-refractivity contribution in [2.75, 3.05) is 6.61 Å². The van der Waals surface area contributed by atoms with Gasteiger partial charge in [0.1, 0.15) is 6.10 Å². The molecule has 1 rings (SSSR count). The Morgan fingerprint density at radius 1 is 1.67 bits per heavy atom. The second kappa shape index (κ2) is 2.64. The summed E-state index contributed by atoms with van der Waals surface area (Å²) in [5.41, 5.74) is 0. The van der Waals surface area contributed by atoms with Gasteiger partial charge < -0.3 is 14.9 Å². The van der Waals surface area contributed by atoms with Gasteiger partial charge in [-0.25, -0.2) is 0 Å². The van der Waals surface area contributed by atoms with E-state index in [9.17, 15) is 0 Å². The molecule has 1 aliphatic heterocycles. The second-order valence-corrected chi connectivity index (χ2v) is 2.39. The Morgan fingerprint density at radius 2 is 2.22 bits per heavy atom. The van der Waals surface area contributed by atoms with Crippen molar-refractivity contribution in [2.45, 2.75) is 31.7 Å². The summed E-state index contributed by atoms with van der Waals surface area (Å²) in [4.78, 5) is 0. The van der Waals surface area contributed by atoms with E-state index in [1.165, 1.54) is 0 Å². The Morgan fingerprint density at radius 3 is 2.56 bits per heavy atom. The minimum Gasteiger partial charge on any atom is -0.396 e. The van der Waals surface area contributed by atoms with Crippen molar-refractivity contribution < 1.29 is 14.9 Å². The highest BCUT2D eigenvalue weighted by Crippen LogP contribution is 2.25. The van der Waals surface area contributed by atoms with Gasteiger partial charge in [-0.2, -0.15) is 0 Å². The Labute approximate surface area is 54.3 Å². The van der Waals surface area contributed by atoms with Crippen molar-refractivity contribution >= 4 is 0 Å². The monoisotopic (exact) mass is 132 g/mol. The van der Waals surface area contributed by atoms with Gasteiger partial charge >= 0.3 is 0 Å². The molecule has 0 aromatic carbocycles. The molecule has 0 bridgehead atoms. The number of aliphatic hydroxyl groups is 2. The van der Waals surface area contributed by atoms with Crippen molar-refractivity contribution in [3.63, 3.8) is 0 Å². The van der Waals surface area contributed by atoms with Crippen molar-refractivity contribution in [1.29, 1.82) is 0 Å². The van der Waals surface area contributed by atoms with Gasteiger partial charge in [-0.1, -0.05) is 0 Å². The fourth-order valence-corrected chi connectivity index (χ4v) is 0.903. The van der Waals surface area contributed by atoms with Crippen LogP contribution >= 0.6 is 0 Å². The summed E-state index contributed by atoms with van der Waals surface area (Å²) in [6.07, 6.45) is 0.128. The number of rotatable bonds is 3. The van der Waals surface area contributed by atoms with Crippen molar-refractivity contribution in [2.24, 2.45) is 0 Å². The minimum absolute atomic E-state index is 0.0165. The molecule has 1 aliphatic rings. The molecule has 0 radical (unpaired) electrons. The number of epoxide rings is 1. The van der Waals surface area contributed by atoms with Gasteiger partial charge in [0.05, 0.1) is 12.2 Å². The lowest BCUT2D eigenvalue weighted by molar-refractivity contribution is 0.103. The molecule has 2 N–H and O–H groups in total. The fourth-order valence-electron chi connectivity index (χ4n) is 0.903. The molecule has 0 aromatic rings. The fraction of sp³-hybridized carbons (Fsp3) is 1.00. The summed E-state index contributed by atoms with van der Waals surface area (Å²) in [5.74, 6) is 0. The molecule has 0 amide bonds. The summed E-state index contributed by atoms with van der Waals surface area (Å²) in [6, 6.07) is 0. The van der Waals surface area contributed by atoms with Gasteiger partial charge in [-0.3, -0.25) is 0 Å². The molecular weight excluding hydrogens is 120 g/mol. The van der Waals surface area contributed by atoms with Crippen LogP contribution in [0.15, 0.2) is 0 Å². The number of hydrogen-bond acceptors (Lipinski definition) is 3. The van der Waals surface area contributed by atoms with Gasteiger partial charge in [-0.15, -0.1) is 0 Å². The average Bonchev–Trinajstić information content (AvgIpc) is 2.47. The first-order valence-electron chi connectivity index (χ1n) is 3.20. The van der Waals surface area contributed by atoms with Gasteiger partial charge in [-0.05, 0) is 13.3 Å². The van der Waals surface area contributed by atoms with E-state index in [0.717, 1.165) is 0 Å². The number of hydrogen-bond donors (Lipinski definition) is 2. The molecule has 1 saturated heterocycles. The third-order valence-electron chi connectivity index (χ3n) is 1.56. The van der Waals surface area contributed by atoms with Crippen LogP contribution in [0, 0.1) is 0 Å². The maximum absolute atomic E-state index is 9.07. The van der Waals surface area contributed by atoms with Crippen molar-refractivity contribution in [3.8, 4) is 0 Å². The van der Waals surface area contributed by atoms with E-state index in [-0.39, 0.29) is 18.8 Å². The summed E-state index contributed by atoms with van der Waals surface area (Å²) in [5, 5.41) is 17.5. The van der Waals surface area contributed by atoms with E-state index in [2.05, 4.69) is 0 Å². The van der Waals surface area contributed by atoms with Gasteiger partial charge in [0.25, 0.3) is 0 Å². The first-order chi connectivity index (χ1) is 4.25. The standard InChI is InChI=1S/C6H12O3/c1-4-6(9-4)5(8)2-3-7/h4-8H,2-3H2,1H3/t4-,5+,6-/m1/s1. The van der Waals surface area contributed by atoms with Gasteiger partial charge in [0, 0.05) is 6.61 Å². The molecule has 54 valence electrons. The zero-order valence-electron chi connectivity index (χ0n) is 5.45. The molecular formula is C6H12O3. The SMILES string of the molecule is C[C@H]1O[C@H]1[C@@H](O)CCO. The Bertz CT molecular complexity index is 94.3. The van der Waals surface area contributed by atoms with Crippen LogP contribution in [0.4, 0.5) is 0 Å². The van der Waals surface area contributed by atoms with E-state index in [1.807, 2.05) is 6.92 Å². The topological polar surface area (TPSA) is 53.0 Å². The van der Waals surface area contributed by atoms with Crippen LogP contribution in [0.1, 0.15) is 13.3 Å². The highest BCUT2D eigenvalue weighted by atomic mass is 16.6. The minimum atomic E-state index is -0.468. The van der Waals surface area contributed by atoms with Crippen molar-refractivity contribution in [1.82, 2.24) is 0 Å². The molecule has 0 spiro atoms. The summed E-state index contributed by atoms with van der Waals surface area (Å²) in [7, 11) is 0. The maximum atomic E-state index is 9.07. The zero-order valence-corrected chi connectivity index (χ0v) is 5.45. The lowest BCUT2D eigenvalue weighted by atomic mass is 10.1. The zero-order chi connectivity index (χ0) is 6.85. The lowest BCUT2D eigenvalue weighted by Gasteiger charge is -2.02. The summed E-state index contributed by atoms with van der Waals surface area (Å²) in [6.45, 7) is 1.94. The molecule has 0 aromatic heterocycles. The molecule has 3 heteroatoms. The molecule has 3 nitrogen and oxygen atoms in total. The van der Waals surface area contributed by atoms with E-state index in [1.54, 1.807) is 0 Å². The first kappa shape index (κ1) is 6.99. The molecule has 9 heavy (non-hydrogen) atoms. The summed E-state index contributed by atoms with van der Waals surface area (Å²) < 4.78 is 4.97. The molecule has 0 aliphatic carbocycles. The largest absolute Gasteiger partial charge is 0.396 e. The van der Waals surface area contributed by atoms with Gasteiger partial charge in [0.2, 0.25) is 0 Å². The van der Waals surface area contributed by atoms with Gasteiger partial charge in [0.15, 0.2) is 0 Å². The highest BCUT2D eigenvalue weighted by molar-refractivity contribution is 4.86. The summed E-state index contributed by atoms with van der Waals surface area (Å²) >= 11 is 0. The van der Waals surface area contributed by atoms with Crippen LogP contribution < -0.4 is 0 Å². The Kier molecular flexibility index (Phi) is 2.05. The number of aliphatic hydroxyl groups excluding tert-OH is 2. The smallest absolute Gasteiger partial charge is 0.110 e. The first-order valence-corrected chi connectivity index (χ1v) is 3.20. The average molecular weight is 132 g/mol. The van der Waals surface area contributed by atoms with Crippen LogP contribution in [0.2, 0.25) is 0 Å². The Balaban J connectivity index is 2.11. The normalized spacial score (nSPS) is 36.3. The third kappa shape index (κ3) is 1.64. The van der Waals surface area contributed by atoms with Crippen LogP contribution in [0.3, 0.4) is 0 Å². The third-order valence-corrected chi connectivity index (χ3v) is 1.56. The molecule has 1 fully saturated rings. The maximum Gasteiger partial charge on any atom is 0.110 e. The molecule has 3 atom stereocenters. The van der Waals surface area contributed by atoms with E-state index in [4.69, 9.17) is 14.9 Å². The molecule has 0 saturated carbocycles. The molecule has 0 unspecified atom stereocenters. The molecule has 1 heterocycles. The lowest BCUT2D eigenvalue weighted by Crippen LogP contribution is -2.17. The van der Waals surface area contributed by atoms with E-state index >= 15 is 0 Å². The highest BCUT2D eigenvalue weighted by Gasteiger charge is 2.39. The number of ether oxygens (including phenoxy) is 1. The van der Waals surface area contributed by atoms with Crippen LogP contribution in [-0.4, -0.2) is 35.1 Å². The van der Waals surface area contributed by atoms with Crippen LogP contribution in [-0.2, 0) is 4.74 Å². The quantitative estimate of drug-likeness (QED) is 0.510. The van der Waals surface area contributed by atoms with Crippen molar-refractivity contribution in [3.05, 3.63) is 0 Å². The van der Waals surface area contributed by atoms with E-state index < -0.39 is 6.10 Å². The van der Waals surface area contributed by atoms with E-state index in [0.29, 0.717) is 6.42 Å². The second-order valence-electron chi connectivity index (χ2n) is 2.39. The van der Waals surface area contributed by atoms with Crippen LogP contribution in [0.5, 0.6) is 0 Å². The predicted molar refractivity (Wildman–Crippen MR) is 32.0 cm³/mol. The Hall–Kier alpha value is -0.120.